The molecule has 0 spiro atoms. The summed E-state index contributed by atoms with van der Waals surface area (Å²) in [5, 5.41) is 12.8. The highest BCUT2D eigenvalue weighted by Crippen LogP contribution is 2.37. The summed E-state index contributed by atoms with van der Waals surface area (Å²) >= 11 is 0. The molecule has 0 bridgehead atoms. The molecule has 98 valence electrons. The molecule has 0 saturated carbocycles. The third kappa shape index (κ3) is 3.14. The van der Waals surface area contributed by atoms with Crippen LogP contribution in [0.3, 0.4) is 0 Å². The molecule has 1 unspecified atom stereocenters. The maximum absolute atomic E-state index is 12.2. The molecular formula is C11H16B3NO4. The fourth-order valence-corrected chi connectivity index (χ4v) is 2.08. The standard InChI is InChI=1S/C11H16B3NO4/c1-5(15-10(12)13)9(16)6-2-3-7-8(4-6)19-11(14,17)18-7/h2-5,10,15,17H,12-14H2,1H3/t5-,11?/m0/s1. The van der Waals surface area contributed by atoms with Crippen molar-refractivity contribution < 1.29 is 19.4 Å². The second kappa shape index (κ2) is 4.94. The molecule has 2 rings (SSSR count). The van der Waals surface area contributed by atoms with Crippen molar-refractivity contribution in [1.29, 1.82) is 0 Å². The Morgan fingerprint density at radius 3 is 2.63 bits per heavy atom. The lowest BCUT2D eigenvalue weighted by atomic mass is 9.78. The summed E-state index contributed by atoms with van der Waals surface area (Å²) in [7, 11) is 5.37. The first kappa shape index (κ1) is 14.0. The van der Waals surface area contributed by atoms with E-state index < -0.39 is 5.87 Å². The lowest BCUT2D eigenvalue weighted by Gasteiger charge is -2.16. The summed E-state index contributed by atoms with van der Waals surface area (Å²) in [6.45, 7) is 1.82. The first-order valence-corrected chi connectivity index (χ1v) is 6.33. The van der Waals surface area contributed by atoms with Gasteiger partial charge in [-0.05, 0) is 25.1 Å². The van der Waals surface area contributed by atoms with Crippen molar-refractivity contribution in [2.24, 2.45) is 0 Å². The van der Waals surface area contributed by atoms with E-state index in [0.717, 1.165) is 0 Å². The van der Waals surface area contributed by atoms with E-state index in [0.29, 0.717) is 17.1 Å². The summed E-state index contributed by atoms with van der Waals surface area (Å²) in [6, 6.07) is 4.62. The Hall–Kier alpha value is -1.40. The smallest absolute Gasteiger partial charge is 0.310 e. The van der Waals surface area contributed by atoms with E-state index in [9.17, 15) is 9.90 Å². The van der Waals surface area contributed by atoms with Crippen LogP contribution in [0, 0.1) is 0 Å². The van der Waals surface area contributed by atoms with Crippen LogP contribution >= 0.6 is 0 Å². The number of aliphatic hydroxyl groups is 1. The molecule has 2 atom stereocenters. The maximum Gasteiger partial charge on any atom is 0.310 e. The zero-order valence-corrected chi connectivity index (χ0v) is 11.6. The van der Waals surface area contributed by atoms with Gasteiger partial charge in [-0.15, -0.1) is 0 Å². The Morgan fingerprint density at radius 1 is 1.37 bits per heavy atom. The predicted molar refractivity (Wildman–Crippen MR) is 79.0 cm³/mol. The van der Waals surface area contributed by atoms with Gasteiger partial charge in [-0.25, -0.2) is 0 Å². The topological polar surface area (TPSA) is 67.8 Å². The molecule has 5 nitrogen and oxygen atoms in total. The Morgan fingerprint density at radius 2 is 2.00 bits per heavy atom. The minimum Gasteiger partial charge on any atom is -0.435 e. The molecule has 0 radical (unpaired) electrons. The third-order valence-corrected chi connectivity index (χ3v) is 2.80. The molecule has 1 aliphatic heterocycles. The highest BCUT2D eigenvalue weighted by Gasteiger charge is 2.34. The molecule has 1 heterocycles. The van der Waals surface area contributed by atoms with Crippen LogP contribution in [0.25, 0.3) is 0 Å². The number of ketones is 1. The van der Waals surface area contributed by atoms with Gasteiger partial charge in [0, 0.05) is 5.56 Å². The number of benzene rings is 1. The number of carbonyl (C=O) groups is 1. The number of rotatable bonds is 4. The number of Topliss-reactive ketones (excluding diaryl/α,β-unsaturated/α-hetero) is 1. The van der Waals surface area contributed by atoms with Crippen molar-refractivity contribution in [3.8, 4) is 11.5 Å². The zero-order valence-electron chi connectivity index (χ0n) is 11.6. The van der Waals surface area contributed by atoms with Crippen molar-refractivity contribution in [1.82, 2.24) is 5.32 Å². The van der Waals surface area contributed by atoms with Crippen LogP contribution < -0.4 is 14.8 Å². The molecule has 19 heavy (non-hydrogen) atoms. The molecule has 1 aromatic carbocycles. The third-order valence-electron chi connectivity index (χ3n) is 2.80. The summed E-state index contributed by atoms with van der Waals surface area (Å²) in [5.41, 5.74) is 0.528. The quantitative estimate of drug-likeness (QED) is 0.458. The molecule has 0 amide bonds. The van der Waals surface area contributed by atoms with E-state index in [1.54, 1.807) is 18.2 Å². The summed E-state index contributed by atoms with van der Waals surface area (Å²) in [4.78, 5) is 12.2. The van der Waals surface area contributed by atoms with Crippen LogP contribution in [0.1, 0.15) is 17.3 Å². The number of fused-ring (bicyclic) bond motifs is 1. The summed E-state index contributed by atoms with van der Waals surface area (Å²) in [5.74, 6) is -0.634. The molecule has 2 N–H and O–H groups in total. The van der Waals surface area contributed by atoms with Crippen molar-refractivity contribution in [2.75, 3.05) is 0 Å². The Balaban J connectivity index is 2.18. The van der Waals surface area contributed by atoms with E-state index in [4.69, 9.17) is 9.47 Å². The van der Waals surface area contributed by atoms with Gasteiger partial charge in [0.05, 0.1) is 6.04 Å². The zero-order chi connectivity index (χ0) is 14.2. The second-order valence-electron chi connectivity index (χ2n) is 5.17. The maximum atomic E-state index is 12.2. The van der Waals surface area contributed by atoms with Gasteiger partial charge >= 0.3 is 5.87 Å². The lowest BCUT2D eigenvalue weighted by Crippen LogP contribution is -2.42. The Bertz CT molecular complexity index is 507. The van der Waals surface area contributed by atoms with Gasteiger partial charge in [0.15, 0.2) is 17.3 Å². The SMILES string of the molecule is BC(B)N[C@@H](C)C(=O)c1ccc2c(c1)OC(B)(O)O2. The van der Waals surface area contributed by atoms with Gasteiger partial charge in [0.25, 0.3) is 7.85 Å². The molecule has 1 aromatic rings. The average molecular weight is 259 g/mol. The van der Waals surface area contributed by atoms with E-state index in [2.05, 4.69) is 5.32 Å². The number of carbonyl (C=O) groups excluding carboxylic acids is 1. The van der Waals surface area contributed by atoms with Crippen LogP contribution in [0.5, 0.6) is 11.5 Å². The summed E-state index contributed by atoms with van der Waals surface area (Å²) in [6.07, 6.45) is 0. The minimum absolute atomic E-state index is 0.0216. The number of ether oxygens (including phenoxy) is 2. The molecule has 0 saturated heterocycles. The van der Waals surface area contributed by atoms with Crippen molar-refractivity contribution in [3.63, 3.8) is 0 Å². The molecular weight excluding hydrogens is 243 g/mol. The number of nitrogens with one attached hydrogen (secondary N) is 1. The van der Waals surface area contributed by atoms with Crippen LogP contribution in [0.4, 0.5) is 0 Å². The monoisotopic (exact) mass is 259 g/mol. The van der Waals surface area contributed by atoms with Gasteiger partial charge in [0.1, 0.15) is 15.7 Å². The van der Waals surface area contributed by atoms with Crippen LogP contribution in [-0.4, -0.2) is 52.2 Å². The Labute approximate surface area is 114 Å². The van der Waals surface area contributed by atoms with Crippen molar-refractivity contribution in [3.05, 3.63) is 23.8 Å². The van der Waals surface area contributed by atoms with Crippen LogP contribution in [-0.2, 0) is 0 Å². The van der Waals surface area contributed by atoms with Crippen LogP contribution in [0.2, 0.25) is 0 Å². The number of hydrogen-bond donors (Lipinski definition) is 2. The average Bonchev–Trinajstić information content (AvgIpc) is 2.59. The van der Waals surface area contributed by atoms with E-state index >= 15 is 0 Å². The second-order valence-corrected chi connectivity index (χ2v) is 5.17. The molecule has 0 aliphatic carbocycles. The van der Waals surface area contributed by atoms with Gasteiger partial charge < -0.3 is 19.9 Å². The van der Waals surface area contributed by atoms with Crippen molar-refractivity contribution >= 4 is 29.3 Å². The highest BCUT2D eigenvalue weighted by molar-refractivity contribution is 6.35. The molecule has 8 heteroatoms. The lowest BCUT2D eigenvalue weighted by molar-refractivity contribution is -0.178. The number of hydrogen-bond acceptors (Lipinski definition) is 5. The first-order chi connectivity index (χ1) is 8.78. The van der Waals surface area contributed by atoms with Gasteiger partial charge in [-0.2, -0.15) is 0 Å². The summed E-state index contributed by atoms with van der Waals surface area (Å²) < 4.78 is 10.4. The van der Waals surface area contributed by atoms with Gasteiger partial charge in [0.2, 0.25) is 0 Å². The normalized spacial score (nSPS) is 22.5. The van der Waals surface area contributed by atoms with Gasteiger partial charge in [-0.1, -0.05) is 5.84 Å². The molecule has 0 fully saturated rings. The molecule has 1 aliphatic rings. The van der Waals surface area contributed by atoms with Crippen molar-refractivity contribution in [2.45, 2.75) is 24.7 Å². The fraction of sp³-hybridized carbons (Fsp3) is 0.364. The fourth-order valence-electron chi connectivity index (χ4n) is 2.08. The largest absolute Gasteiger partial charge is 0.435 e. The van der Waals surface area contributed by atoms with Crippen LogP contribution in [0.15, 0.2) is 18.2 Å². The predicted octanol–water partition coefficient (Wildman–Crippen LogP) is -2.59. The Kier molecular flexibility index (Phi) is 3.65. The van der Waals surface area contributed by atoms with E-state index in [1.807, 2.05) is 22.6 Å². The highest BCUT2D eigenvalue weighted by atomic mass is 16.8. The van der Waals surface area contributed by atoms with E-state index in [-0.39, 0.29) is 17.7 Å². The first-order valence-electron chi connectivity index (χ1n) is 6.33. The minimum atomic E-state index is -1.66. The molecule has 0 aromatic heterocycles. The van der Waals surface area contributed by atoms with Gasteiger partial charge in [-0.3, -0.25) is 4.79 Å². The van der Waals surface area contributed by atoms with E-state index in [1.165, 1.54) is 7.85 Å².